The lowest BCUT2D eigenvalue weighted by molar-refractivity contribution is -0.117. The van der Waals surface area contributed by atoms with Crippen molar-refractivity contribution >= 4 is 71.9 Å². The number of methoxy groups -OCH3 is 2. The summed E-state index contributed by atoms with van der Waals surface area (Å²) in [6.07, 6.45) is 2.81. The number of amides is 2. The highest BCUT2D eigenvalue weighted by Crippen LogP contribution is 2.38. The first kappa shape index (κ1) is 27.4. The first-order chi connectivity index (χ1) is 17.2. The Labute approximate surface area is 232 Å². The number of nitrogens with one attached hydrogen (secondary N) is 2. The second kappa shape index (κ2) is 12.7. The molecule has 0 atom stereocenters. The number of phenolic OH excluding ortho intramolecular Hbond substituents is 1. The molecule has 0 aromatic heterocycles. The van der Waals surface area contributed by atoms with Crippen LogP contribution in [0, 0.1) is 0 Å². The van der Waals surface area contributed by atoms with Crippen LogP contribution in [-0.2, 0) is 4.79 Å². The van der Waals surface area contributed by atoms with Gasteiger partial charge in [-0.15, -0.1) is 0 Å². The summed E-state index contributed by atoms with van der Waals surface area (Å²) in [6, 6.07) is 15.2. The molecule has 0 radical (unpaired) electrons. The van der Waals surface area contributed by atoms with Gasteiger partial charge in [0.15, 0.2) is 0 Å². The Morgan fingerprint density at radius 1 is 0.972 bits per heavy atom. The van der Waals surface area contributed by atoms with Crippen LogP contribution in [0.3, 0.4) is 0 Å². The molecule has 0 aliphatic rings. The van der Waals surface area contributed by atoms with Crippen molar-refractivity contribution in [1.29, 1.82) is 0 Å². The lowest BCUT2D eigenvalue weighted by atomic mass is 10.1. The molecule has 0 unspecified atom stereocenters. The first-order valence-corrected chi connectivity index (χ1v) is 12.6. The molecule has 36 heavy (non-hydrogen) atoms. The van der Waals surface area contributed by atoms with E-state index < -0.39 is 11.8 Å². The SMILES string of the molecule is COc1ccc(OC)c(/C=C(\NC(=O)c2ccccc2)C(=O)N/N=C\c2c(Br)cc(Br)c(O)c2Br)c1. The number of nitrogens with zero attached hydrogens (tertiary/aromatic N) is 1. The predicted octanol–water partition coefficient (Wildman–Crippen LogP) is 5.62. The summed E-state index contributed by atoms with van der Waals surface area (Å²) < 4.78 is 12.1. The van der Waals surface area contributed by atoms with Crippen molar-refractivity contribution in [2.75, 3.05) is 14.2 Å². The van der Waals surface area contributed by atoms with Crippen LogP contribution in [0.4, 0.5) is 0 Å². The van der Waals surface area contributed by atoms with E-state index in [0.29, 0.717) is 41.6 Å². The van der Waals surface area contributed by atoms with Crippen LogP contribution in [-0.4, -0.2) is 37.4 Å². The number of carbonyl (C=O) groups is 2. The molecule has 0 aliphatic carbocycles. The third kappa shape index (κ3) is 6.74. The molecule has 0 spiro atoms. The Kier molecular flexibility index (Phi) is 9.68. The zero-order valence-corrected chi connectivity index (χ0v) is 23.8. The van der Waals surface area contributed by atoms with Gasteiger partial charge in [-0.1, -0.05) is 34.1 Å². The molecule has 3 aromatic rings. The van der Waals surface area contributed by atoms with E-state index in [9.17, 15) is 14.7 Å². The van der Waals surface area contributed by atoms with Crippen molar-refractivity contribution in [2.24, 2.45) is 5.10 Å². The van der Waals surface area contributed by atoms with Gasteiger partial charge in [-0.3, -0.25) is 9.59 Å². The number of hydrogen-bond donors (Lipinski definition) is 3. The van der Waals surface area contributed by atoms with Gasteiger partial charge in [0.25, 0.3) is 11.8 Å². The van der Waals surface area contributed by atoms with E-state index in [0.717, 1.165) is 0 Å². The number of hydrogen-bond acceptors (Lipinski definition) is 6. The molecule has 0 heterocycles. The summed E-state index contributed by atoms with van der Waals surface area (Å²) in [7, 11) is 3.01. The quantitative estimate of drug-likeness (QED) is 0.163. The topological polar surface area (TPSA) is 109 Å². The van der Waals surface area contributed by atoms with Crippen molar-refractivity contribution < 1.29 is 24.2 Å². The average molecular weight is 682 g/mol. The molecule has 0 bridgehead atoms. The van der Waals surface area contributed by atoms with Crippen LogP contribution in [0.25, 0.3) is 6.08 Å². The summed E-state index contributed by atoms with van der Waals surface area (Å²) in [5, 5.41) is 16.8. The molecule has 11 heteroatoms. The smallest absolute Gasteiger partial charge is 0.287 e. The van der Waals surface area contributed by atoms with Crippen LogP contribution >= 0.6 is 47.8 Å². The molecule has 0 saturated heterocycles. The van der Waals surface area contributed by atoms with Crippen LogP contribution < -0.4 is 20.2 Å². The summed E-state index contributed by atoms with van der Waals surface area (Å²) in [6.45, 7) is 0. The highest BCUT2D eigenvalue weighted by molar-refractivity contribution is 9.11. The second-order valence-corrected chi connectivity index (χ2v) is 9.60. The monoisotopic (exact) mass is 679 g/mol. The lowest BCUT2D eigenvalue weighted by Gasteiger charge is -2.12. The fourth-order valence-corrected chi connectivity index (χ4v) is 5.30. The maximum atomic E-state index is 13.1. The number of hydrazone groups is 1. The standard InChI is InChI=1S/C25H20Br3N3O5/c1-35-16-8-9-21(36-2)15(10-16)11-20(30-24(33)14-6-4-3-5-7-14)25(34)31-29-13-17-18(26)12-19(27)23(32)22(17)28/h3-13,32H,1-2H3,(H,30,33)(H,31,34)/b20-11-,29-13-. The summed E-state index contributed by atoms with van der Waals surface area (Å²) in [5.74, 6) is -0.178. The fourth-order valence-electron chi connectivity index (χ4n) is 2.98. The van der Waals surface area contributed by atoms with Crippen LogP contribution in [0.2, 0.25) is 0 Å². The van der Waals surface area contributed by atoms with Crippen LogP contribution in [0.1, 0.15) is 21.5 Å². The summed E-state index contributed by atoms with van der Waals surface area (Å²) in [4.78, 5) is 25.9. The van der Waals surface area contributed by atoms with Gasteiger partial charge in [-0.05, 0) is 74.3 Å². The van der Waals surface area contributed by atoms with Crippen LogP contribution in [0.15, 0.2) is 78.8 Å². The molecule has 3 rings (SSSR count). The van der Waals surface area contributed by atoms with E-state index in [4.69, 9.17) is 9.47 Å². The van der Waals surface area contributed by atoms with E-state index in [2.05, 4.69) is 63.6 Å². The number of phenols is 1. The zero-order chi connectivity index (χ0) is 26.2. The molecular weight excluding hydrogens is 662 g/mol. The molecule has 3 aromatic carbocycles. The molecule has 2 amide bonds. The van der Waals surface area contributed by atoms with Crippen molar-refractivity contribution in [3.05, 3.63) is 90.4 Å². The van der Waals surface area contributed by atoms with Gasteiger partial charge in [-0.25, -0.2) is 5.43 Å². The largest absolute Gasteiger partial charge is 0.506 e. The normalized spacial score (nSPS) is 11.3. The van der Waals surface area contributed by atoms with E-state index in [1.807, 2.05) is 0 Å². The van der Waals surface area contributed by atoms with Crippen molar-refractivity contribution in [3.8, 4) is 17.2 Å². The van der Waals surface area contributed by atoms with Gasteiger partial charge in [0, 0.05) is 21.2 Å². The molecule has 0 aliphatic heterocycles. The maximum absolute atomic E-state index is 13.1. The zero-order valence-electron chi connectivity index (χ0n) is 19.0. The molecule has 0 saturated carbocycles. The van der Waals surface area contributed by atoms with Crippen molar-refractivity contribution in [1.82, 2.24) is 10.7 Å². The lowest BCUT2D eigenvalue weighted by Crippen LogP contribution is -2.32. The highest BCUT2D eigenvalue weighted by Gasteiger charge is 2.17. The molecule has 0 fully saturated rings. The third-order valence-corrected chi connectivity index (χ3v) is 6.87. The van der Waals surface area contributed by atoms with Crippen molar-refractivity contribution in [3.63, 3.8) is 0 Å². The number of carbonyl (C=O) groups excluding carboxylic acids is 2. The van der Waals surface area contributed by atoms with Gasteiger partial charge >= 0.3 is 0 Å². The van der Waals surface area contributed by atoms with Crippen LogP contribution in [0.5, 0.6) is 17.2 Å². The Morgan fingerprint density at radius 3 is 2.36 bits per heavy atom. The fraction of sp³-hybridized carbons (Fsp3) is 0.0800. The second-order valence-electron chi connectivity index (χ2n) is 7.10. The maximum Gasteiger partial charge on any atom is 0.287 e. The van der Waals surface area contributed by atoms with Gasteiger partial charge in [0.05, 0.1) is 29.4 Å². The third-order valence-electron chi connectivity index (χ3n) is 4.81. The minimum Gasteiger partial charge on any atom is -0.506 e. The first-order valence-electron chi connectivity index (χ1n) is 10.2. The number of aromatic hydroxyl groups is 1. The van der Waals surface area contributed by atoms with E-state index in [1.165, 1.54) is 26.5 Å². The Morgan fingerprint density at radius 2 is 1.69 bits per heavy atom. The molecule has 8 nitrogen and oxygen atoms in total. The number of rotatable bonds is 8. The Balaban J connectivity index is 1.94. The Hall–Kier alpha value is -3.15. The molecule has 3 N–H and O–H groups in total. The summed E-state index contributed by atoms with van der Waals surface area (Å²) >= 11 is 9.94. The van der Waals surface area contributed by atoms with Crippen molar-refractivity contribution in [2.45, 2.75) is 0 Å². The van der Waals surface area contributed by atoms with Gasteiger partial charge in [0.2, 0.25) is 0 Å². The minimum atomic E-state index is -0.686. The highest BCUT2D eigenvalue weighted by atomic mass is 79.9. The van der Waals surface area contributed by atoms with E-state index in [-0.39, 0.29) is 11.4 Å². The van der Waals surface area contributed by atoms with E-state index >= 15 is 0 Å². The van der Waals surface area contributed by atoms with Gasteiger partial charge < -0.3 is 19.9 Å². The Bertz CT molecular complexity index is 1340. The van der Waals surface area contributed by atoms with Gasteiger partial charge in [-0.2, -0.15) is 5.10 Å². The minimum absolute atomic E-state index is 0.0215. The number of benzene rings is 3. The van der Waals surface area contributed by atoms with Gasteiger partial charge in [0.1, 0.15) is 22.9 Å². The molecular formula is C25H20Br3N3O5. The van der Waals surface area contributed by atoms with E-state index in [1.54, 1.807) is 54.6 Å². The number of halogens is 3. The molecule has 186 valence electrons. The predicted molar refractivity (Wildman–Crippen MR) is 148 cm³/mol. The number of ether oxygens (including phenoxy) is 2. The average Bonchev–Trinajstić information content (AvgIpc) is 2.89. The summed E-state index contributed by atoms with van der Waals surface area (Å²) in [5.41, 5.74) is 3.69.